The summed E-state index contributed by atoms with van der Waals surface area (Å²) in [4.78, 5) is 2.59. The van der Waals surface area contributed by atoms with E-state index in [1.165, 1.54) is 32.4 Å². The quantitative estimate of drug-likeness (QED) is 0.915. The van der Waals surface area contributed by atoms with Gasteiger partial charge >= 0.3 is 0 Å². The minimum Gasteiger partial charge on any atom is -0.349 e. The maximum absolute atomic E-state index is 6.03. The van der Waals surface area contributed by atoms with Crippen molar-refractivity contribution < 1.29 is 0 Å². The summed E-state index contributed by atoms with van der Waals surface area (Å²) in [5.41, 5.74) is 0.794. The monoisotopic (exact) mass is 292 g/mol. The van der Waals surface area contributed by atoms with Crippen molar-refractivity contribution in [3.8, 4) is 0 Å². The van der Waals surface area contributed by atoms with Crippen molar-refractivity contribution in [1.29, 1.82) is 0 Å². The van der Waals surface area contributed by atoms with Crippen molar-refractivity contribution >= 4 is 23.1 Å². The number of anilines is 1. The summed E-state index contributed by atoms with van der Waals surface area (Å²) in [6.45, 7) is 2.40. The van der Waals surface area contributed by atoms with Crippen LogP contribution in [0.2, 0.25) is 5.15 Å². The van der Waals surface area contributed by atoms with Gasteiger partial charge in [0, 0.05) is 18.6 Å². The maximum atomic E-state index is 6.03. The molecule has 4 rings (SSSR count). The Morgan fingerprint density at radius 3 is 3.10 bits per heavy atom. The van der Waals surface area contributed by atoms with Gasteiger partial charge < -0.3 is 5.32 Å². The van der Waals surface area contributed by atoms with Crippen LogP contribution in [0.25, 0.3) is 5.52 Å². The molecule has 106 valence electrons. The van der Waals surface area contributed by atoms with Crippen LogP contribution in [0, 0.1) is 0 Å². The zero-order valence-electron chi connectivity index (χ0n) is 11.2. The van der Waals surface area contributed by atoms with E-state index < -0.39 is 0 Å². The number of fused-ring (bicyclic) bond motifs is 2. The van der Waals surface area contributed by atoms with Gasteiger partial charge in [0.2, 0.25) is 5.95 Å². The van der Waals surface area contributed by atoms with Gasteiger partial charge in [0.1, 0.15) is 5.52 Å². The van der Waals surface area contributed by atoms with Crippen LogP contribution in [0.5, 0.6) is 0 Å². The molecule has 2 unspecified atom stereocenters. The summed E-state index contributed by atoms with van der Waals surface area (Å²) < 4.78 is 1.74. The zero-order chi connectivity index (χ0) is 13.5. The molecule has 6 nitrogen and oxygen atoms in total. The number of nitrogens with zero attached hydrogens (tertiary/aromatic N) is 5. The Morgan fingerprint density at radius 2 is 2.15 bits per heavy atom. The average molecular weight is 293 g/mol. The minimum atomic E-state index is 0.388. The van der Waals surface area contributed by atoms with Crippen LogP contribution in [0.4, 0.5) is 5.95 Å². The number of nitrogens with one attached hydrogen (secondary N) is 1. The Kier molecular flexibility index (Phi) is 3.00. The van der Waals surface area contributed by atoms with Crippen LogP contribution in [0.15, 0.2) is 12.3 Å². The van der Waals surface area contributed by atoms with Crippen molar-refractivity contribution in [2.45, 2.75) is 37.8 Å². The molecule has 4 heterocycles. The number of piperidine rings is 1. The number of halogens is 1. The highest BCUT2D eigenvalue weighted by molar-refractivity contribution is 6.32. The lowest BCUT2D eigenvalue weighted by Crippen LogP contribution is -2.42. The number of aromatic nitrogens is 4. The molecular formula is C13H17ClN6. The molecule has 0 aromatic carbocycles. The zero-order valence-corrected chi connectivity index (χ0v) is 11.9. The first-order chi connectivity index (χ1) is 9.83. The van der Waals surface area contributed by atoms with E-state index in [1.807, 2.05) is 6.07 Å². The van der Waals surface area contributed by atoms with Gasteiger partial charge in [-0.1, -0.05) is 18.0 Å². The molecule has 1 N–H and O–H groups in total. The predicted molar refractivity (Wildman–Crippen MR) is 77.0 cm³/mol. The summed E-state index contributed by atoms with van der Waals surface area (Å²) in [6.07, 6.45) is 6.78. The fraction of sp³-hybridized carbons (Fsp3) is 0.615. The van der Waals surface area contributed by atoms with E-state index in [2.05, 4.69) is 25.5 Å². The normalized spacial score (nSPS) is 26.9. The van der Waals surface area contributed by atoms with Gasteiger partial charge in [-0.25, -0.2) is 0 Å². The molecule has 0 amide bonds. The standard InChI is InChI=1S/C13H17ClN6/c14-12-11-4-6-15-20(11)13(18-17-12)16-9-5-8-19-7-2-1-3-10(9)19/h4,6,9-10H,1-3,5,7-8H2,(H,16,18). The second-order valence-electron chi connectivity index (χ2n) is 5.58. The molecule has 0 aliphatic carbocycles. The van der Waals surface area contributed by atoms with Gasteiger partial charge in [0.05, 0.1) is 6.20 Å². The molecule has 2 atom stereocenters. The van der Waals surface area contributed by atoms with Gasteiger partial charge in [-0.15, -0.1) is 10.2 Å². The summed E-state index contributed by atoms with van der Waals surface area (Å²) in [5, 5.41) is 16.4. The van der Waals surface area contributed by atoms with E-state index in [0.717, 1.165) is 11.9 Å². The second kappa shape index (κ2) is 4.86. The van der Waals surface area contributed by atoms with Gasteiger partial charge in [-0.2, -0.15) is 9.61 Å². The third kappa shape index (κ3) is 1.94. The molecule has 0 bridgehead atoms. The van der Waals surface area contributed by atoms with Crippen molar-refractivity contribution in [3.05, 3.63) is 17.4 Å². The molecule has 20 heavy (non-hydrogen) atoms. The van der Waals surface area contributed by atoms with E-state index in [-0.39, 0.29) is 0 Å². The molecule has 2 aromatic rings. The fourth-order valence-corrected chi connectivity index (χ4v) is 3.67. The van der Waals surface area contributed by atoms with E-state index in [1.54, 1.807) is 10.7 Å². The van der Waals surface area contributed by atoms with Gasteiger partial charge in [0.15, 0.2) is 5.15 Å². The van der Waals surface area contributed by atoms with Crippen LogP contribution >= 0.6 is 11.6 Å². The Labute approximate surface area is 122 Å². The van der Waals surface area contributed by atoms with Gasteiger partial charge in [-0.05, 0) is 31.9 Å². The molecule has 2 aliphatic heterocycles. The molecule has 0 radical (unpaired) electrons. The van der Waals surface area contributed by atoms with Crippen LogP contribution in [0.1, 0.15) is 25.7 Å². The molecule has 2 aromatic heterocycles. The average Bonchev–Trinajstić information content (AvgIpc) is 3.10. The SMILES string of the molecule is Clc1nnc(NC2CCN3CCCCC23)n2nccc12. The van der Waals surface area contributed by atoms with Crippen molar-refractivity contribution in [2.24, 2.45) is 0 Å². The van der Waals surface area contributed by atoms with E-state index in [4.69, 9.17) is 11.6 Å². The smallest absolute Gasteiger partial charge is 0.244 e. The lowest BCUT2D eigenvalue weighted by molar-refractivity contribution is 0.192. The van der Waals surface area contributed by atoms with E-state index >= 15 is 0 Å². The molecule has 0 saturated carbocycles. The lowest BCUT2D eigenvalue weighted by atomic mass is 9.99. The maximum Gasteiger partial charge on any atom is 0.244 e. The summed E-state index contributed by atoms with van der Waals surface area (Å²) in [7, 11) is 0. The number of hydrogen-bond donors (Lipinski definition) is 1. The van der Waals surface area contributed by atoms with Crippen LogP contribution in [-0.4, -0.2) is 49.9 Å². The second-order valence-corrected chi connectivity index (χ2v) is 5.94. The first kappa shape index (κ1) is 12.3. The van der Waals surface area contributed by atoms with Gasteiger partial charge in [-0.3, -0.25) is 4.90 Å². The van der Waals surface area contributed by atoms with Crippen LogP contribution in [-0.2, 0) is 0 Å². The third-order valence-corrected chi connectivity index (χ3v) is 4.73. The van der Waals surface area contributed by atoms with Gasteiger partial charge in [0.25, 0.3) is 0 Å². The Morgan fingerprint density at radius 1 is 1.20 bits per heavy atom. The largest absolute Gasteiger partial charge is 0.349 e. The summed E-state index contributed by atoms with van der Waals surface area (Å²) >= 11 is 6.03. The summed E-state index contributed by atoms with van der Waals surface area (Å²) in [5.74, 6) is 0.687. The highest BCUT2D eigenvalue weighted by atomic mass is 35.5. The minimum absolute atomic E-state index is 0.388. The van der Waals surface area contributed by atoms with E-state index in [0.29, 0.717) is 23.2 Å². The fourth-order valence-electron chi connectivity index (χ4n) is 3.48. The van der Waals surface area contributed by atoms with Crippen LogP contribution < -0.4 is 5.32 Å². The molecule has 7 heteroatoms. The molecule has 2 fully saturated rings. The predicted octanol–water partition coefficient (Wildman–Crippen LogP) is 1.82. The summed E-state index contributed by atoms with van der Waals surface area (Å²) in [6, 6.07) is 2.90. The first-order valence-corrected chi connectivity index (χ1v) is 7.57. The van der Waals surface area contributed by atoms with Crippen molar-refractivity contribution in [1.82, 2.24) is 24.7 Å². The Hall–Kier alpha value is -1.40. The molecular weight excluding hydrogens is 276 g/mol. The Balaban J connectivity index is 1.61. The highest BCUT2D eigenvalue weighted by Gasteiger charge is 2.36. The van der Waals surface area contributed by atoms with Crippen molar-refractivity contribution in [2.75, 3.05) is 18.4 Å². The van der Waals surface area contributed by atoms with Crippen molar-refractivity contribution in [3.63, 3.8) is 0 Å². The third-order valence-electron chi connectivity index (χ3n) is 4.46. The molecule has 0 spiro atoms. The van der Waals surface area contributed by atoms with E-state index in [9.17, 15) is 0 Å². The number of hydrogen-bond acceptors (Lipinski definition) is 5. The molecule has 2 saturated heterocycles. The molecule has 2 aliphatic rings. The number of rotatable bonds is 2. The first-order valence-electron chi connectivity index (χ1n) is 7.19. The lowest BCUT2D eigenvalue weighted by Gasteiger charge is -2.32. The highest BCUT2D eigenvalue weighted by Crippen LogP contribution is 2.29. The Bertz CT molecular complexity index is 626. The van der Waals surface area contributed by atoms with Crippen LogP contribution in [0.3, 0.4) is 0 Å². The topological polar surface area (TPSA) is 58.4 Å².